The number of pyridine rings is 2. The van der Waals surface area contributed by atoms with Gasteiger partial charge in [-0.1, -0.05) is 36.4 Å². The molecular formula is C25H22N2O2. The number of esters is 1. The number of carbonyl (C=O) groups is 1. The number of hydrogen-bond acceptors (Lipinski definition) is 4. The second-order valence-corrected chi connectivity index (χ2v) is 6.94. The van der Waals surface area contributed by atoms with Crippen molar-refractivity contribution in [2.45, 2.75) is 20.3 Å². The molecular weight excluding hydrogens is 360 g/mol. The number of aryl methyl sites for hydroxylation is 1. The molecule has 4 heteroatoms. The molecule has 0 aliphatic carbocycles. The first-order chi connectivity index (χ1) is 14.2. The van der Waals surface area contributed by atoms with Crippen molar-refractivity contribution in [2.24, 2.45) is 0 Å². The average Bonchev–Trinajstić information content (AvgIpc) is 2.75. The van der Waals surface area contributed by atoms with Crippen molar-refractivity contribution in [2.75, 3.05) is 6.61 Å². The second kappa shape index (κ2) is 8.23. The molecule has 2 aromatic carbocycles. The van der Waals surface area contributed by atoms with E-state index in [1.807, 2.05) is 12.4 Å². The predicted molar refractivity (Wildman–Crippen MR) is 115 cm³/mol. The van der Waals surface area contributed by atoms with E-state index in [1.165, 1.54) is 21.9 Å². The molecule has 0 amide bonds. The van der Waals surface area contributed by atoms with Crippen LogP contribution in [0.5, 0.6) is 0 Å². The van der Waals surface area contributed by atoms with Gasteiger partial charge in [-0.2, -0.15) is 0 Å². The van der Waals surface area contributed by atoms with E-state index in [0.29, 0.717) is 18.6 Å². The molecule has 0 N–H and O–H groups in total. The summed E-state index contributed by atoms with van der Waals surface area (Å²) in [5.74, 6) is -0.327. The number of carbonyl (C=O) groups excluding carboxylic acids is 1. The third kappa shape index (κ3) is 3.87. The molecule has 0 spiro atoms. The van der Waals surface area contributed by atoms with Crippen molar-refractivity contribution < 1.29 is 9.53 Å². The molecule has 4 aromatic rings. The Balaban J connectivity index is 1.64. The van der Waals surface area contributed by atoms with Crippen LogP contribution in [0.25, 0.3) is 21.9 Å². The van der Waals surface area contributed by atoms with Crippen molar-refractivity contribution in [3.63, 3.8) is 0 Å². The minimum absolute atomic E-state index is 0.327. The van der Waals surface area contributed by atoms with E-state index >= 15 is 0 Å². The molecule has 0 bridgehead atoms. The zero-order valence-corrected chi connectivity index (χ0v) is 16.6. The summed E-state index contributed by atoms with van der Waals surface area (Å²) in [5, 5.41) is 2.36. The van der Waals surface area contributed by atoms with Gasteiger partial charge in [0, 0.05) is 30.4 Å². The lowest BCUT2D eigenvalue weighted by atomic mass is 9.95. The maximum Gasteiger partial charge on any atom is 0.339 e. The van der Waals surface area contributed by atoms with Gasteiger partial charge in [-0.05, 0) is 59.7 Å². The Bertz CT molecular complexity index is 1170. The van der Waals surface area contributed by atoms with Crippen LogP contribution < -0.4 is 0 Å². The lowest BCUT2D eigenvalue weighted by Crippen LogP contribution is -2.09. The molecule has 29 heavy (non-hydrogen) atoms. The van der Waals surface area contributed by atoms with Gasteiger partial charge in [0.15, 0.2) is 0 Å². The standard InChI is InChI=1S/C25H22N2O2/c1-3-29-25(28)22-5-4-13-27-24(22)15-18-7-9-19(10-8-18)20-11-6-17(2)23-16-26-14-12-21(20)23/h4-14,16H,3,15H2,1-2H3. The van der Waals surface area contributed by atoms with Crippen LogP contribution in [0.2, 0.25) is 0 Å². The van der Waals surface area contributed by atoms with E-state index in [2.05, 4.69) is 59.4 Å². The van der Waals surface area contributed by atoms with E-state index in [0.717, 1.165) is 16.8 Å². The summed E-state index contributed by atoms with van der Waals surface area (Å²) >= 11 is 0. The van der Waals surface area contributed by atoms with Gasteiger partial charge in [-0.25, -0.2) is 4.79 Å². The van der Waals surface area contributed by atoms with Gasteiger partial charge in [0.1, 0.15) is 0 Å². The Morgan fingerprint density at radius 1 is 0.966 bits per heavy atom. The summed E-state index contributed by atoms with van der Waals surface area (Å²) in [6, 6.07) is 18.3. The first kappa shape index (κ1) is 18.8. The van der Waals surface area contributed by atoms with Gasteiger partial charge >= 0.3 is 5.97 Å². The Kier molecular flexibility index (Phi) is 5.34. The Morgan fingerprint density at radius 2 is 1.79 bits per heavy atom. The molecule has 0 radical (unpaired) electrons. The van der Waals surface area contributed by atoms with Gasteiger partial charge in [0.05, 0.1) is 17.9 Å². The SMILES string of the molecule is CCOC(=O)c1cccnc1Cc1ccc(-c2ccc(C)c3cnccc23)cc1. The van der Waals surface area contributed by atoms with Crippen LogP contribution in [-0.2, 0) is 11.2 Å². The molecule has 144 valence electrons. The minimum atomic E-state index is -0.327. The van der Waals surface area contributed by atoms with Crippen LogP contribution in [0.1, 0.15) is 34.1 Å². The van der Waals surface area contributed by atoms with Crippen LogP contribution >= 0.6 is 0 Å². The maximum absolute atomic E-state index is 12.2. The number of rotatable bonds is 5. The molecule has 0 fully saturated rings. The van der Waals surface area contributed by atoms with Crippen molar-refractivity contribution in [3.05, 3.63) is 95.6 Å². The fourth-order valence-electron chi connectivity index (χ4n) is 3.55. The summed E-state index contributed by atoms with van der Waals surface area (Å²) in [7, 11) is 0. The summed E-state index contributed by atoms with van der Waals surface area (Å²) in [5.41, 5.74) is 5.90. The summed E-state index contributed by atoms with van der Waals surface area (Å²) in [4.78, 5) is 20.8. The van der Waals surface area contributed by atoms with Crippen LogP contribution in [0.4, 0.5) is 0 Å². The lowest BCUT2D eigenvalue weighted by Gasteiger charge is -2.11. The van der Waals surface area contributed by atoms with Gasteiger partial charge in [-0.15, -0.1) is 0 Å². The van der Waals surface area contributed by atoms with E-state index in [9.17, 15) is 4.79 Å². The number of nitrogens with zero attached hydrogens (tertiary/aromatic N) is 2. The summed E-state index contributed by atoms with van der Waals surface area (Å²) in [6.07, 6.45) is 6.03. The van der Waals surface area contributed by atoms with Gasteiger partial charge in [0.25, 0.3) is 0 Å². The molecule has 0 aliphatic rings. The van der Waals surface area contributed by atoms with Gasteiger partial charge in [-0.3, -0.25) is 9.97 Å². The summed E-state index contributed by atoms with van der Waals surface area (Å²) < 4.78 is 5.15. The second-order valence-electron chi connectivity index (χ2n) is 6.94. The Labute approximate surface area is 170 Å². The number of hydrogen-bond donors (Lipinski definition) is 0. The van der Waals surface area contributed by atoms with Crippen LogP contribution in [-0.4, -0.2) is 22.5 Å². The van der Waals surface area contributed by atoms with Crippen LogP contribution in [0.3, 0.4) is 0 Å². The van der Waals surface area contributed by atoms with Crippen molar-refractivity contribution in [3.8, 4) is 11.1 Å². The fourth-order valence-corrected chi connectivity index (χ4v) is 3.55. The molecule has 4 nitrogen and oxygen atoms in total. The zero-order valence-electron chi connectivity index (χ0n) is 16.6. The zero-order chi connectivity index (χ0) is 20.2. The van der Waals surface area contributed by atoms with Crippen LogP contribution in [0, 0.1) is 6.92 Å². The summed E-state index contributed by atoms with van der Waals surface area (Å²) in [6.45, 7) is 4.25. The maximum atomic E-state index is 12.2. The molecule has 0 atom stereocenters. The topological polar surface area (TPSA) is 52.1 Å². The first-order valence-corrected chi connectivity index (χ1v) is 9.71. The van der Waals surface area contributed by atoms with E-state index in [1.54, 1.807) is 25.3 Å². The average molecular weight is 382 g/mol. The Morgan fingerprint density at radius 3 is 2.59 bits per heavy atom. The third-order valence-corrected chi connectivity index (χ3v) is 5.06. The lowest BCUT2D eigenvalue weighted by molar-refractivity contribution is 0.0524. The Hall–Kier alpha value is -3.53. The van der Waals surface area contributed by atoms with E-state index < -0.39 is 0 Å². The van der Waals surface area contributed by atoms with Gasteiger partial charge in [0.2, 0.25) is 0 Å². The highest BCUT2D eigenvalue weighted by Crippen LogP contribution is 2.30. The smallest absolute Gasteiger partial charge is 0.339 e. The van der Waals surface area contributed by atoms with E-state index in [-0.39, 0.29) is 5.97 Å². The normalized spacial score (nSPS) is 10.8. The van der Waals surface area contributed by atoms with Crippen molar-refractivity contribution in [1.29, 1.82) is 0 Å². The first-order valence-electron chi connectivity index (χ1n) is 9.71. The van der Waals surface area contributed by atoms with Crippen molar-refractivity contribution >= 4 is 16.7 Å². The molecule has 0 unspecified atom stereocenters. The van der Waals surface area contributed by atoms with Crippen LogP contribution in [0.15, 0.2) is 73.2 Å². The van der Waals surface area contributed by atoms with Gasteiger partial charge < -0.3 is 4.74 Å². The molecule has 4 rings (SSSR count). The number of aromatic nitrogens is 2. The largest absolute Gasteiger partial charge is 0.462 e. The highest BCUT2D eigenvalue weighted by Gasteiger charge is 2.14. The quantitative estimate of drug-likeness (QED) is 0.435. The third-order valence-electron chi connectivity index (χ3n) is 5.06. The number of fused-ring (bicyclic) bond motifs is 1. The fraction of sp³-hybridized carbons (Fsp3) is 0.160. The monoisotopic (exact) mass is 382 g/mol. The predicted octanol–water partition coefficient (Wildman–Crippen LogP) is 5.37. The molecule has 0 saturated carbocycles. The highest BCUT2D eigenvalue weighted by atomic mass is 16.5. The molecule has 0 saturated heterocycles. The molecule has 2 aromatic heterocycles. The highest BCUT2D eigenvalue weighted by molar-refractivity contribution is 5.98. The molecule has 0 aliphatic heterocycles. The minimum Gasteiger partial charge on any atom is -0.462 e. The van der Waals surface area contributed by atoms with Crippen molar-refractivity contribution in [1.82, 2.24) is 9.97 Å². The van der Waals surface area contributed by atoms with E-state index in [4.69, 9.17) is 4.74 Å². The number of benzene rings is 2. The number of ether oxygens (including phenoxy) is 1. The molecule has 2 heterocycles.